The quantitative estimate of drug-likeness (QED) is 0.365. The standard InChI is InChI=1S/CH14OSi6/c1-8-2-3-4-5-6-7-8/h8H,3-7H2,1H3. The van der Waals surface area contributed by atoms with Crippen LogP contribution in [0.5, 0.6) is 0 Å². The number of hydrogen-bond acceptors (Lipinski definition) is 1. The fourth-order valence-corrected chi connectivity index (χ4v) is 133. The zero-order valence-electron chi connectivity index (χ0n) is 5.52. The minimum atomic E-state index is -0.308. The molecule has 0 amide bonds. The summed E-state index contributed by atoms with van der Waals surface area (Å²) in [5.41, 5.74) is 0. The van der Waals surface area contributed by atoms with Crippen LogP contribution < -0.4 is 0 Å². The molecule has 48 valence electrons. The summed E-state index contributed by atoms with van der Waals surface area (Å²) in [7, 11) is 2.65. The van der Waals surface area contributed by atoms with E-state index in [-0.39, 0.29) is 17.8 Å². The Balaban J connectivity index is 2.17. The van der Waals surface area contributed by atoms with Crippen molar-refractivity contribution in [3.8, 4) is 0 Å². The monoisotopic (exact) mass is 210 g/mol. The molecular weight excluding hydrogens is 197 g/mol. The van der Waals surface area contributed by atoms with E-state index in [0.717, 1.165) is 17.1 Å². The van der Waals surface area contributed by atoms with Crippen molar-refractivity contribution in [2.75, 3.05) is 0 Å². The zero-order valence-corrected chi connectivity index (χ0v) is 13.7. The summed E-state index contributed by atoms with van der Waals surface area (Å²) in [6.45, 7) is 2.47. The molecule has 1 aliphatic rings. The van der Waals surface area contributed by atoms with Gasteiger partial charge >= 0.3 is 0 Å². The molecular formula is CH14OSi6. The maximum atomic E-state index is 5.87. The van der Waals surface area contributed by atoms with E-state index in [2.05, 4.69) is 6.55 Å². The molecule has 7 heteroatoms. The fourth-order valence-electron chi connectivity index (χ4n) is 1.08. The first-order valence-corrected chi connectivity index (χ1v) is 25.0. The maximum Gasteiger partial charge on any atom is 0.136 e. The Morgan fingerprint density at radius 3 is 3.00 bits per heavy atom. The lowest BCUT2D eigenvalue weighted by atomic mass is 11.9. The van der Waals surface area contributed by atoms with Crippen LogP contribution in [0.15, 0.2) is 0 Å². The van der Waals surface area contributed by atoms with Gasteiger partial charge in [-0.1, -0.05) is 6.55 Å². The van der Waals surface area contributed by atoms with Crippen molar-refractivity contribution < 1.29 is 4.12 Å². The van der Waals surface area contributed by atoms with Crippen LogP contribution in [0.1, 0.15) is 0 Å². The Morgan fingerprint density at radius 1 is 1.25 bits per heavy atom. The van der Waals surface area contributed by atoms with Crippen molar-refractivity contribution >= 4 is 52.1 Å². The smallest absolute Gasteiger partial charge is 0.136 e. The predicted octanol–water partition coefficient (Wildman–Crippen LogP) is -4.71. The van der Waals surface area contributed by atoms with Crippen molar-refractivity contribution in [2.24, 2.45) is 0 Å². The average Bonchev–Trinajstić information content (AvgIpc) is 1.94. The Bertz CT molecular complexity index is 57.5. The first-order chi connectivity index (χ1) is 3.89. The lowest BCUT2D eigenvalue weighted by Crippen LogP contribution is -2.26. The lowest BCUT2D eigenvalue weighted by Gasteiger charge is -2.04. The predicted molar refractivity (Wildman–Crippen MR) is 56.8 cm³/mol. The van der Waals surface area contributed by atoms with Gasteiger partial charge in [0.05, 0.1) is 0 Å². The molecule has 0 N–H and O–H groups in total. The van der Waals surface area contributed by atoms with E-state index < -0.39 is 0 Å². The minimum absolute atomic E-state index is 0.258. The molecule has 1 aliphatic heterocycles. The molecule has 0 aromatic carbocycles. The third-order valence-electron chi connectivity index (χ3n) is 1.66. The SMILES string of the molecule is C[SiH]1O[SiH2][SiH2][SiH2][SiH2][SiH2]1. The zero-order chi connectivity index (χ0) is 5.82. The van der Waals surface area contributed by atoms with Crippen molar-refractivity contribution in [3.63, 3.8) is 0 Å². The second-order valence-corrected chi connectivity index (χ2v) is 45.7. The molecule has 1 heterocycles. The van der Waals surface area contributed by atoms with Gasteiger partial charge in [0.25, 0.3) is 0 Å². The summed E-state index contributed by atoms with van der Waals surface area (Å²) in [4.78, 5) is 0. The first kappa shape index (κ1) is 7.37. The molecule has 0 saturated carbocycles. The molecule has 1 rings (SSSR count). The van der Waals surface area contributed by atoms with Crippen LogP contribution in [0.2, 0.25) is 6.55 Å². The molecule has 0 aromatic rings. The highest BCUT2D eigenvalue weighted by atomic mass is 29.9. The third kappa shape index (κ3) is 2.70. The molecule has 0 bridgehead atoms. The Labute approximate surface area is 62.9 Å². The highest BCUT2D eigenvalue weighted by molar-refractivity contribution is 7.62. The van der Waals surface area contributed by atoms with Crippen LogP contribution in [0.25, 0.3) is 0 Å². The third-order valence-corrected chi connectivity index (χ3v) is 79.8. The minimum Gasteiger partial charge on any atom is -0.469 e. The van der Waals surface area contributed by atoms with Gasteiger partial charge in [-0.05, 0) is 17.1 Å². The summed E-state index contributed by atoms with van der Waals surface area (Å²) in [5, 5.41) is 0. The highest BCUT2D eigenvalue weighted by Crippen LogP contribution is 1.81. The topological polar surface area (TPSA) is 9.23 Å². The van der Waals surface area contributed by atoms with Gasteiger partial charge in [-0.2, -0.15) is 0 Å². The molecule has 1 unspecified atom stereocenters. The number of hydrogen-bond donors (Lipinski definition) is 0. The van der Waals surface area contributed by atoms with Crippen molar-refractivity contribution in [1.29, 1.82) is 0 Å². The Hall–Kier alpha value is 1.26. The molecule has 0 radical (unpaired) electrons. The molecule has 0 aliphatic carbocycles. The van der Waals surface area contributed by atoms with Crippen LogP contribution in [-0.2, 0) is 4.12 Å². The van der Waals surface area contributed by atoms with Gasteiger partial charge in [0, 0.05) is 17.1 Å². The van der Waals surface area contributed by atoms with E-state index in [1.807, 2.05) is 0 Å². The maximum absolute atomic E-state index is 5.87. The van der Waals surface area contributed by atoms with Crippen LogP contribution in [0.4, 0.5) is 0 Å². The highest BCUT2D eigenvalue weighted by Gasteiger charge is 2.09. The van der Waals surface area contributed by atoms with Gasteiger partial charge < -0.3 is 4.12 Å². The van der Waals surface area contributed by atoms with Gasteiger partial charge in [0.1, 0.15) is 17.8 Å². The molecule has 0 spiro atoms. The molecule has 0 aromatic heterocycles. The molecule has 1 atom stereocenters. The van der Waals surface area contributed by atoms with Crippen LogP contribution in [-0.4, -0.2) is 52.1 Å². The van der Waals surface area contributed by atoms with Crippen molar-refractivity contribution in [1.82, 2.24) is 0 Å². The first-order valence-electron chi connectivity index (χ1n) is 3.51. The van der Waals surface area contributed by atoms with Gasteiger partial charge in [-0.15, -0.1) is 0 Å². The van der Waals surface area contributed by atoms with Gasteiger partial charge in [0.2, 0.25) is 0 Å². The van der Waals surface area contributed by atoms with Crippen molar-refractivity contribution in [2.45, 2.75) is 6.55 Å². The van der Waals surface area contributed by atoms with E-state index in [4.69, 9.17) is 4.12 Å². The molecule has 1 fully saturated rings. The summed E-state index contributed by atoms with van der Waals surface area (Å²) in [6, 6.07) is 0. The Kier molecular flexibility index (Phi) is 3.81. The summed E-state index contributed by atoms with van der Waals surface area (Å²) in [6.07, 6.45) is 0. The van der Waals surface area contributed by atoms with Gasteiger partial charge in [0.15, 0.2) is 0 Å². The summed E-state index contributed by atoms with van der Waals surface area (Å²) < 4.78 is 5.87. The molecule has 1 nitrogen and oxygen atoms in total. The van der Waals surface area contributed by atoms with Crippen LogP contribution in [0.3, 0.4) is 0 Å². The van der Waals surface area contributed by atoms with Gasteiger partial charge in [-0.3, -0.25) is 0 Å². The second-order valence-electron chi connectivity index (χ2n) is 2.53. The van der Waals surface area contributed by atoms with E-state index in [1.54, 1.807) is 0 Å². The van der Waals surface area contributed by atoms with E-state index in [0.29, 0.717) is 17.1 Å². The van der Waals surface area contributed by atoms with Crippen LogP contribution in [0, 0.1) is 0 Å². The molecule has 1 saturated heterocycles. The van der Waals surface area contributed by atoms with E-state index >= 15 is 0 Å². The van der Waals surface area contributed by atoms with E-state index in [1.165, 1.54) is 0 Å². The normalized spacial score (nSPS) is 46.9. The number of rotatable bonds is 0. The van der Waals surface area contributed by atoms with E-state index in [9.17, 15) is 0 Å². The molecule has 8 heavy (non-hydrogen) atoms. The average molecular weight is 211 g/mol. The largest absolute Gasteiger partial charge is 0.469 e. The summed E-state index contributed by atoms with van der Waals surface area (Å²) >= 11 is 0. The van der Waals surface area contributed by atoms with Gasteiger partial charge in [-0.25, -0.2) is 0 Å². The Morgan fingerprint density at radius 2 is 2.12 bits per heavy atom. The summed E-state index contributed by atoms with van der Waals surface area (Å²) in [5.74, 6) is 0. The second kappa shape index (κ2) is 4.14. The fraction of sp³-hybridized carbons (Fsp3) is 1.00. The lowest BCUT2D eigenvalue weighted by molar-refractivity contribution is 0.654. The van der Waals surface area contributed by atoms with Crippen LogP contribution >= 0.6 is 0 Å². The van der Waals surface area contributed by atoms with Crippen molar-refractivity contribution in [3.05, 3.63) is 0 Å².